The highest BCUT2D eigenvalue weighted by atomic mass is 32.1. The predicted octanol–water partition coefficient (Wildman–Crippen LogP) is 3.76. The molecule has 2 aromatic carbocycles. The highest BCUT2D eigenvalue weighted by Gasteiger charge is 2.22. The summed E-state index contributed by atoms with van der Waals surface area (Å²) in [5, 5.41) is 10.3. The first kappa shape index (κ1) is 19.4. The molecule has 1 amide bonds. The first-order valence-corrected chi connectivity index (χ1v) is 10.3. The van der Waals surface area contributed by atoms with Crippen molar-refractivity contribution in [1.29, 1.82) is 0 Å². The zero-order chi connectivity index (χ0) is 20.2. The molecule has 0 aliphatic carbocycles. The molecular weight excluding hydrogens is 394 g/mol. The van der Waals surface area contributed by atoms with Crippen LogP contribution >= 0.6 is 11.3 Å². The summed E-state index contributed by atoms with van der Waals surface area (Å²) in [5.41, 5.74) is 1.48. The fourth-order valence-electron chi connectivity index (χ4n) is 3.31. The van der Waals surface area contributed by atoms with Gasteiger partial charge in [-0.3, -0.25) is 4.79 Å². The molecule has 0 unspecified atom stereocenters. The molecule has 8 heteroatoms. The molecule has 0 radical (unpaired) electrons. The monoisotopic (exact) mass is 414 g/mol. The van der Waals surface area contributed by atoms with E-state index in [2.05, 4.69) is 15.1 Å². The maximum Gasteiger partial charge on any atom is 0.253 e. The summed E-state index contributed by atoms with van der Waals surface area (Å²) in [7, 11) is 0. The van der Waals surface area contributed by atoms with Gasteiger partial charge in [0.05, 0.1) is 0 Å². The van der Waals surface area contributed by atoms with Crippen LogP contribution in [-0.4, -0.2) is 47.2 Å². The fourth-order valence-corrected chi connectivity index (χ4v) is 4.23. The van der Waals surface area contributed by atoms with Crippen molar-refractivity contribution in [2.24, 2.45) is 0 Å². The van der Waals surface area contributed by atoms with Gasteiger partial charge in [0.25, 0.3) is 5.91 Å². The van der Waals surface area contributed by atoms with E-state index in [0.717, 1.165) is 28.7 Å². The summed E-state index contributed by atoms with van der Waals surface area (Å²) in [4.78, 5) is 16.6. The van der Waals surface area contributed by atoms with Gasteiger partial charge in [-0.05, 0) is 48.4 Å². The van der Waals surface area contributed by atoms with E-state index >= 15 is 0 Å². The van der Waals surface area contributed by atoms with Crippen LogP contribution < -0.4 is 4.90 Å². The lowest BCUT2D eigenvalue weighted by Gasteiger charge is -2.21. The van der Waals surface area contributed by atoms with Crippen LogP contribution in [0.1, 0.15) is 27.3 Å². The molecule has 2 heterocycles. The second-order valence-electron chi connectivity index (χ2n) is 6.92. The van der Waals surface area contributed by atoms with Gasteiger partial charge in [-0.25, -0.2) is 8.78 Å². The smallest absolute Gasteiger partial charge is 0.253 e. The lowest BCUT2D eigenvalue weighted by molar-refractivity contribution is 0.0767. The van der Waals surface area contributed by atoms with Gasteiger partial charge in [-0.15, -0.1) is 10.2 Å². The Balaban J connectivity index is 1.38. The second kappa shape index (κ2) is 8.65. The van der Waals surface area contributed by atoms with E-state index in [1.807, 2.05) is 0 Å². The number of carbonyl (C=O) groups is 1. The zero-order valence-electron chi connectivity index (χ0n) is 15.7. The van der Waals surface area contributed by atoms with Gasteiger partial charge in [0.15, 0.2) is 0 Å². The molecule has 150 valence electrons. The maximum absolute atomic E-state index is 13.1. The van der Waals surface area contributed by atoms with Gasteiger partial charge in [0, 0.05) is 38.2 Å². The van der Waals surface area contributed by atoms with Gasteiger partial charge >= 0.3 is 0 Å². The van der Waals surface area contributed by atoms with Crippen LogP contribution in [0, 0.1) is 11.6 Å². The van der Waals surface area contributed by atoms with Crippen molar-refractivity contribution in [1.82, 2.24) is 15.1 Å². The van der Waals surface area contributed by atoms with Crippen molar-refractivity contribution in [3.8, 4) is 0 Å². The van der Waals surface area contributed by atoms with Crippen molar-refractivity contribution in [3.63, 3.8) is 0 Å². The number of aromatic nitrogens is 2. The standard InChI is InChI=1S/C21H20F2N4OS/c22-17-6-2-15(3-7-17)14-19-24-25-21(29-19)27-11-1-10-26(12-13-27)20(28)16-4-8-18(23)9-5-16/h2-9H,1,10-14H2. The van der Waals surface area contributed by atoms with Crippen LogP contribution in [0.5, 0.6) is 0 Å². The van der Waals surface area contributed by atoms with Gasteiger partial charge in [-0.1, -0.05) is 23.5 Å². The molecule has 3 aromatic rings. The lowest BCUT2D eigenvalue weighted by atomic mass is 10.2. The minimum Gasteiger partial charge on any atom is -0.345 e. The molecule has 1 fully saturated rings. The highest BCUT2D eigenvalue weighted by Crippen LogP contribution is 2.24. The van der Waals surface area contributed by atoms with E-state index in [1.165, 1.54) is 47.7 Å². The van der Waals surface area contributed by atoms with Crippen LogP contribution in [0.3, 0.4) is 0 Å². The SMILES string of the molecule is O=C(c1ccc(F)cc1)N1CCCN(c2nnc(Cc3ccc(F)cc3)s2)CC1. The molecule has 0 atom stereocenters. The molecular formula is C21H20F2N4OS. The van der Waals surface area contributed by atoms with Crippen LogP contribution in [0.2, 0.25) is 0 Å². The van der Waals surface area contributed by atoms with Crippen molar-refractivity contribution >= 4 is 22.4 Å². The summed E-state index contributed by atoms with van der Waals surface area (Å²) in [6, 6.07) is 12.0. The summed E-state index contributed by atoms with van der Waals surface area (Å²) in [6.07, 6.45) is 1.43. The molecule has 1 saturated heterocycles. The molecule has 4 rings (SSSR count). The lowest BCUT2D eigenvalue weighted by Crippen LogP contribution is -2.35. The van der Waals surface area contributed by atoms with Crippen LogP contribution in [0.15, 0.2) is 48.5 Å². The number of anilines is 1. The van der Waals surface area contributed by atoms with Crippen LogP contribution in [0.25, 0.3) is 0 Å². The number of carbonyl (C=O) groups excluding carboxylic acids is 1. The first-order valence-electron chi connectivity index (χ1n) is 9.45. The number of rotatable bonds is 4. The van der Waals surface area contributed by atoms with E-state index in [1.54, 1.807) is 17.0 Å². The van der Waals surface area contributed by atoms with E-state index in [4.69, 9.17) is 0 Å². The molecule has 0 N–H and O–H groups in total. The molecule has 5 nitrogen and oxygen atoms in total. The summed E-state index contributed by atoms with van der Waals surface area (Å²) < 4.78 is 26.1. The number of benzene rings is 2. The Morgan fingerprint density at radius 3 is 2.31 bits per heavy atom. The van der Waals surface area contributed by atoms with Gasteiger partial charge in [0.1, 0.15) is 16.6 Å². The topological polar surface area (TPSA) is 49.3 Å². The summed E-state index contributed by atoms with van der Waals surface area (Å²) in [5.74, 6) is -0.687. The Labute approximate surface area is 171 Å². The van der Waals surface area contributed by atoms with E-state index < -0.39 is 0 Å². The first-order chi connectivity index (χ1) is 14.1. The Kier molecular flexibility index (Phi) is 5.80. The number of hydrogen-bond acceptors (Lipinski definition) is 5. The fraction of sp³-hybridized carbons (Fsp3) is 0.286. The molecule has 1 aromatic heterocycles. The Morgan fingerprint density at radius 2 is 1.59 bits per heavy atom. The number of hydrogen-bond donors (Lipinski definition) is 0. The molecule has 0 saturated carbocycles. The molecule has 1 aliphatic heterocycles. The van der Waals surface area contributed by atoms with Crippen molar-refractivity contribution in [2.75, 3.05) is 31.1 Å². The average Bonchev–Trinajstić information content (AvgIpc) is 3.04. The van der Waals surface area contributed by atoms with Gasteiger partial charge < -0.3 is 9.80 Å². The van der Waals surface area contributed by atoms with Crippen LogP contribution in [0.4, 0.5) is 13.9 Å². The Morgan fingerprint density at radius 1 is 0.897 bits per heavy atom. The van der Waals surface area contributed by atoms with Crippen molar-refractivity contribution in [2.45, 2.75) is 12.8 Å². The largest absolute Gasteiger partial charge is 0.345 e. The minimum absolute atomic E-state index is 0.0823. The summed E-state index contributed by atoms with van der Waals surface area (Å²) in [6.45, 7) is 2.67. The van der Waals surface area contributed by atoms with E-state index in [9.17, 15) is 13.6 Å². The van der Waals surface area contributed by atoms with Crippen LogP contribution in [-0.2, 0) is 6.42 Å². The minimum atomic E-state index is -0.351. The molecule has 1 aliphatic rings. The van der Waals surface area contributed by atoms with Gasteiger partial charge in [0.2, 0.25) is 5.13 Å². The Bertz CT molecular complexity index is 975. The highest BCUT2D eigenvalue weighted by molar-refractivity contribution is 7.15. The predicted molar refractivity (Wildman–Crippen MR) is 108 cm³/mol. The summed E-state index contributed by atoms with van der Waals surface area (Å²) >= 11 is 1.52. The molecule has 29 heavy (non-hydrogen) atoms. The zero-order valence-corrected chi connectivity index (χ0v) is 16.5. The molecule has 0 bridgehead atoms. The van der Waals surface area contributed by atoms with E-state index in [-0.39, 0.29) is 17.5 Å². The van der Waals surface area contributed by atoms with Gasteiger partial charge in [-0.2, -0.15) is 0 Å². The quantitative estimate of drug-likeness (QED) is 0.652. The normalized spacial score (nSPS) is 14.7. The van der Waals surface area contributed by atoms with Crippen molar-refractivity contribution in [3.05, 3.63) is 76.3 Å². The maximum atomic E-state index is 13.1. The third-order valence-corrected chi connectivity index (χ3v) is 5.85. The molecule has 0 spiro atoms. The number of nitrogens with zero attached hydrogens (tertiary/aromatic N) is 4. The third kappa shape index (κ3) is 4.76. The third-order valence-electron chi connectivity index (χ3n) is 4.87. The average molecular weight is 414 g/mol. The van der Waals surface area contributed by atoms with Crippen molar-refractivity contribution < 1.29 is 13.6 Å². The second-order valence-corrected chi connectivity index (χ2v) is 7.96. The van der Waals surface area contributed by atoms with E-state index in [0.29, 0.717) is 31.6 Å². The Hall–Kier alpha value is -2.87. The number of amides is 1. The number of halogens is 2.